The maximum Gasteiger partial charge on any atom is 0.251 e. The number of carbonyl (C=O) groups is 1. The van der Waals surface area contributed by atoms with Gasteiger partial charge in [0.15, 0.2) is 0 Å². The molecule has 1 saturated heterocycles. The van der Waals surface area contributed by atoms with Crippen LogP contribution in [0.25, 0.3) is 22.0 Å². The molecular formula is C23H27FN4O. The first-order valence-corrected chi connectivity index (χ1v) is 10.2. The topological polar surface area (TPSA) is 51.4 Å². The number of nitrogens with zero attached hydrogens (tertiary/aromatic N) is 2. The monoisotopic (exact) mass is 394 g/mol. The van der Waals surface area contributed by atoms with Gasteiger partial charge in [-0.05, 0) is 55.9 Å². The van der Waals surface area contributed by atoms with Gasteiger partial charge in [-0.3, -0.25) is 4.79 Å². The summed E-state index contributed by atoms with van der Waals surface area (Å²) < 4.78 is 13.4. The van der Waals surface area contributed by atoms with Gasteiger partial charge >= 0.3 is 0 Å². The number of fused-ring (bicyclic) bond motifs is 1. The summed E-state index contributed by atoms with van der Waals surface area (Å²) in [6.07, 6.45) is 2.83. The Morgan fingerprint density at radius 3 is 2.62 bits per heavy atom. The lowest BCUT2D eigenvalue weighted by atomic mass is 10.0. The minimum absolute atomic E-state index is 0.0454. The van der Waals surface area contributed by atoms with Gasteiger partial charge in [0.2, 0.25) is 0 Å². The molecule has 5 nitrogen and oxygen atoms in total. The number of hydrogen-bond acceptors (Lipinski definition) is 3. The quantitative estimate of drug-likeness (QED) is 0.631. The Hall–Kier alpha value is -2.70. The van der Waals surface area contributed by atoms with Gasteiger partial charge in [-0.15, -0.1) is 0 Å². The van der Waals surface area contributed by atoms with Gasteiger partial charge in [-0.1, -0.05) is 12.1 Å². The van der Waals surface area contributed by atoms with Crippen molar-refractivity contribution < 1.29 is 9.18 Å². The van der Waals surface area contributed by atoms with Crippen LogP contribution < -0.4 is 5.32 Å². The van der Waals surface area contributed by atoms with Gasteiger partial charge in [0.25, 0.3) is 5.91 Å². The van der Waals surface area contributed by atoms with E-state index in [1.165, 1.54) is 12.1 Å². The summed E-state index contributed by atoms with van der Waals surface area (Å²) in [5, 5.41) is 3.98. The normalized spacial score (nSPS) is 15.7. The summed E-state index contributed by atoms with van der Waals surface area (Å²) in [7, 11) is 2.15. The van der Waals surface area contributed by atoms with E-state index in [2.05, 4.69) is 27.1 Å². The number of H-pyrrole nitrogens is 1. The van der Waals surface area contributed by atoms with Crippen LogP contribution in [0.4, 0.5) is 4.39 Å². The summed E-state index contributed by atoms with van der Waals surface area (Å²) in [4.78, 5) is 20.3. The second kappa shape index (κ2) is 8.76. The summed E-state index contributed by atoms with van der Waals surface area (Å²) in [6.45, 7) is 6.14. The summed E-state index contributed by atoms with van der Waals surface area (Å²) in [5.74, 6) is -0.304. The van der Waals surface area contributed by atoms with Crippen LogP contribution in [-0.2, 0) is 0 Å². The number of piperazine rings is 1. The Labute approximate surface area is 170 Å². The number of halogens is 1. The minimum Gasteiger partial charge on any atom is -0.360 e. The van der Waals surface area contributed by atoms with Gasteiger partial charge in [0.1, 0.15) is 5.82 Å². The number of likely N-dealkylation sites (N-methyl/N-ethyl adjacent to an activating group) is 1. The fourth-order valence-electron chi connectivity index (χ4n) is 3.82. The second-order valence-corrected chi connectivity index (χ2v) is 7.72. The van der Waals surface area contributed by atoms with E-state index < -0.39 is 0 Å². The molecule has 2 N–H and O–H groups in total. The standard InChI is InChI=1S/C23H27FN4O/c1-27-11-13-28(14-12-27)10-2-9-25-23(29)18-5-3-17(4-6-18)21-16-26-22-15-19(24)7-8-20(21)22/h3-8,15-16,26H,2,9-14H2,1H3,(H,25,29). The number of rotatable bonds is 6. The van der Waals surface area contributed by atoms with Gasteiger partial charge < -0.3 is 20.1 Å². The molecule has 1 aliphatic heterocycles. The number of benzene rings is 2. The van der Waals surface area contributed by atoms with E-state index >= 15 is 0 Å². The molecule has 2 heterocycles. The lowest BCUT2D eigenvalue weighted by molar-refractivity contribution is 0.0949. The van der Waals surface area contributed by atoms with E-state index in [-0.39, 0.29) is 11.7 Å². The van der Waals surface area contributed by atoms with E-state index in [1.807, 2.05) is 30.5 Å². The summed E-state index contributed by atoms with van der Waals surface area (Å²) in [5.41, 5.74) is 3.41. The van der Waals surface area contributed by atoms with Crippen molar-refractivity contribution >= 4 is 16.8 Å². The zero-order valence-electron chi connectivity index (χ0n) is 16.7. The van der Waals surface area contributed by atoms with Crippen LogP contribution in [-0.4, -0.2) is 67.0 Å². The molecule has 0 radical (unpaired) electrons. The van der Waals surface area contributed by atoms with Crippen molar-refractivity contribution in [1.82, 2.24) is 20.1 Å². The number of hydrogen-bond donors (Lipinski definition) is 2. The Kier molecular flexibility index (Phi) is 5.92. The third-order valence-electron chi connectivity index (χ3n) is 5.63. The van der Waals surface area contributed by atoms with E-state index in [0.717, 1.165) is 61.2 Å². The molecular weight excluding hydrogens is 367 g/mol. The van der Waals surface area contributed by atoms with Gasteiger partial charge in [-0.2, -0.15) is 0 Å². The fourth-order valence-corrected chi connectivity index (χ4v) is 3.82. The van der Waals surface area contributed by atoms with Crippen LogP contribution in [0.15, 0.2) is 48.7 Å². The Morgan fingerprint density at radius 2 is 1.86 bits per heavy atom. The van der Waals surface area contributed by atoms with Crippen molar-refractivity contribution in [3.8, 4) is 11.1 Å². The Morgan fingerprint density at radius 1 is 1.10 bits per heavy atom. The van der Waals surface area contributed by atoms with Gasteiger partial charge in [0, 0.05) is 61.0 Å². The van der Waals surface area contributed by atoms with Crippen molar-refractivity contribution in [3.63, 3.8) is 0 Å². The SMILES string of the molecule is CN1CCN(CCCNC(=O)c2ccc(-c3c[nH]c4cc(F)ccc34)cc2)CC1. The highest BCUT2D eigenvalue weighted by Crippen LogP contribution is 2.29. The minimum atomic E-state index is -0.259. The van der Waals surface area contributed by atoms with Crippen LogP contribution in [0.1, 0.15) is 16.8 Å². The Balaban J connectivity index is 1.31. The molecule has 4 rings (SSSR count). The Bertz CT molecular complexity index is 974. The predicted molar refractivity (Wildman–Crippen MR) is 115 cm³/mol. The highest BCUT2D eigenvalue weighted by atomic mass is 19.1. The van der Waals surface area contributed by atoms with Crippen LogP contribution in [0.3, 0.4) is 0 Å². The van der Waals surface area contributed by atoms with Crippen LogP contribution in [0.2, 0.25) is 0 Å². The third-order valence-corrected chi connectivity index (χ3v) is 5.63. The number of aromatic nitrogens is 1. The average molecular weight is 394 g/mol. The molecule has 6 heteroatoms. The first kappa shape index (κ1) is 19.6. The molecule has 0 spiro atoms. The molecule has 29 heavy (non-hydrogen) atoms. The number of amides is 1. The summed E-state index contributed by atoms with van der Waals surface area (Å²) >= 11 is 0. The molecule has 1 aliphatic rings. The van der Waals surface area contributed by atoms with E-state index in [9.17, 15) is 9.18 Å². The first-order chi connectivity index (χ1) is 14.1. The number of aromatic amines is 1. The maximum atomic E-state index is 13.4. The smallest absolute Gasteiger partial charge is 0.251 e. The molecule has 1 aromatic heterocycles. The molecule has 0 aliphatic carbocycles. The van der Waals surface area contributed by atoms with Gasteiger partial charge in [-0.25, -0.2) is 4.39 Å². The van der Waals surface area contributed by atoms with Crippen molar-refractivity contribution in [2.75, 3.05) is 46.3 Å². The second-order valence-electron chi connectivity index (χ2n) is 7.72. The zero-order chi connectivity index (χ0) is 20.2. The van der Waals surface area contributed by atoms with Crippen LogP contribution in [0, 0.1) is 5.82 Å². The van der Waals surface area contributed by atoms with E-state index in [0.29, 0.717) is 12.1 Å². The predicted octanol–water partition coefficient (Wildman–Crippen LogP) is 3.34. The average Bonchev–Trinajstić information content (AvgIpc) is 3.15. The lowest BCUT2D eigenvalue weighted by Crippen LogP contribution is -2.45. The maximum absolute atomic E-state index is 13.4. The lowest BCUT2D eigenvalue weighted by Gasteiger charge is -2.32. The molecule has 0 bridgehead atoms. The molecule has 152 valence electrons. The molecule has 0 atom stereocenters. The van der Waals surface area contributed by atoms with Crippen LogP contribution in [0.5, 0.6) is 0 Å². The molecule has 0 saturated carbocycles. The van der Waals surface area contributed by atoms with E-state index in [4.69, 9.17) is 0 Å². The van der Waals surface area contributed by atoms with Crippen molar-refractivity contribution in [1.29, 1.82) is 0 Å². The number of nitrogens with one attached hydrogen (secondary N) is 2. The number of carbonyl (C=O) groups excluding carboxylic acids is 1. The largest absolute Gasteiger partial charge is 0.360 e. The first-order valence-electron chi connectivity index (χ1n) is 10.2. The van der Waals surface area contributed by atoms with Crippen molar-refractivity contribution in [2.45, 2.75) is 6.42 Å². The van der Waals surface area contributed by atoms with Crippen LogP contribution >= 0.6 is 0 Å². The third kappa shape index (κ3) is 4.66. The molecule has 1 fully saturated rings. The van der Waals surface area contributed by atoms with E-state index in [1.54, 1.807) is 6.07 Å². The zero-order valence-corrected chi connectivity index (χ0v) is 16.7. The highest BCUT2D eigenvalue weighted by molar-refractivity contribution is 5.97. The molecule has 1 amide bonds. The van der Waals surface area contributed by atoms with Gasteiger partial charge in [0.05, 0.1) is 0 Å². The fraction of sp³-hybridized carbons (Fsp3) is 0.348. The molecule has 2 aromatic carbocycles. The highest BCUT2D eigenvalue weighted by Gasteiger charge is 2.13. The molecule has 3 aromatic rings. The van der Waals surface area contributed by atoms with Crippen molar-refractivity contribution in [3.05, 3.63) is 60.0 Å². The van der Waals surface area contributed by atoms with Crippen molar-refractivity contribution in [2.24, 2.45) is 0 Å². The summed E-state index contributed by atoms with van der Waals surface area (Å²) in [6, 6.07) is 12.3. The molecule has 0 unspecified atom stereocenters.